The van der Waals surface area contributed by atoms with Crippen molar-refractivity contribution in [3.63, 3.8) is 0 Å². The van der Waals surface area contributed by atoms with E-state index >= 15 is 0 Å². The molecule has 0 aliphatic carbocycles. The summed E-state index contributed by atoms with van der Waals surface area (Å²) in [5, 5.41) is 0. The molecular formula is C13H18BrFN2O2S. The average molecular weight is 365 g/mol. The van der Waals surface area contributed by atoms with Gasteiger partial charge in [-0.15, -0.1) is 6.58 Å². The van der Waals surface area contributed by atoms with Crippen molar-refractivity contribution in [1.29, 1.82) is 0 Å². The topological polar surface area (TPSA) is 63.4 Å². The highest BCUT2D eigenvalue weighted by Gasteiger charge is 2.35. The molecule has 0 aliphatic heterocycles. The molecule has 0 aromatic heterocycles. The molecule has 0 saturated carbocycles. The predicted octanol–water partition coefficient (Wildman–Crippen LogP) is 3.15. The zero-order valence-corrected chi connectivity index (χ0v) is 14.1. The summed E-state index contributed by atoms with van der Waals surface area (Å²) in [4.78, 5) is -0.435. The Hall–Kier alpha value is -0.920. The fraction of sp³-hybridized carbons (Fsp3) is 0.385. The molecule has 0 fully saturated rings. The van der Waals surface area contributed by atoms with Crippen LogP contribution in [0.1, 0.15) is 20.8 Å². The van der Waals surface area contributed by atoms with E-state index in [1.807, 2.05) is 0 Å². The molecule has 0 heterocycles. The van der Waals surface area contributed by atoms with Gasteiger partial charge in [0.15, 0.2) is 0 Å². The second-order valence-electron chi connectivity index (χ2n) is 5.30. The fourth-order valence-corrected chi connectivity index (χ4v) is 3.87. The SMILES string of the molecule is C=CCN(C(C)(C)C)S(=O)(=O)c1cc(N)c(Br)cc1F. The maximum Gasteiger partial charge on any atom is 0.246 e. The number of nitrogens with zero attached hydrogens (tertiary/aromatic N) is 1. The number of hydrogen-bond donors (Lipinski definition) is 1. The molecule has 0 radical (unpaired) electrons. The van der Waals surface area contributed by atoms with Crippen LogP contribution in [0.15, 0.2) is 34.2 Å². The van der Waals surface area contributed by atoms with E-state index in [9.17, 15) is 12.8 Å². The number of rotatable bonds is 4. The molecule has 0 bridgehead atoms. The van der Waals surface area contributed by atoms with Gasteiger partial charge < -0.3 is 5.73 Å². The molecular weight excluding hydrogens is 347 g/mol. The maximum absolute atomic E-state index is 14.0. The van der Waals surface area contributed by atoms with Crippen LogP contribution in [-0.4, -0.2) is 24.8 Å². The lowest BCUT2D eigenvalue weighted by Gasteiger charge is -2.33. The Balaban J connectivity index is 3.49. The van der Waals surface area contributed by atoms with Gasteiger partial charge in [0.2, 0.25) is 10.0 Å². The van der Waals surface area contributed by atoms with Crippen LogP contribution in [0, 0.1) is 5.82 Å². The molecule has 1 aromatic rings. The van der Waals surface area contributed by atoms with Crippen molar-refractivity contribution >= 4 is 31.6 Å². The summed E-state index contributed by atoms with van der Waals surface area (Å²) in [5.74, 6) is -0.843. The molecule has 0 spiro atoms. The summed E-state index contributed by atoms with van der Waals surface area (Å²) in [7, 11) is -4.00. The van der Waals surface area contributed by atoms with Crippen molar-refractivity contribution in [2.45, 2.75) is 31.2 Å². The molecule has 0 aliphatic rings. The molecule has 0 unspecified atom stereocenters. The Labute approximate surface area is 127 Å². The van der Waals surface area contributed by atoms with Gasteiger partial charge in [-0.25, -0.2) is 12.8 Å². The minimum atomic E-state index is -4.00. The Morgan fingerprint density at radius 1 is 1.45 bits per heavy atom. The van der Waals surface area contributed by atoms with Gasteiger partial charge in [0.25, 0.3) is 0 Å². The minimum Gasteiger partial charge on any atom is -0.398 e. The first-order chi connectivity index (χ1) is 9.01. The van der Waals surface area contributed by atoms with Crippen LogP contribution in [0.4, 0.5) is 10.1 Å². The third-order valence-electron chi connectivity index (χ3n) is 2.66. The number of hydrogen-bond acceptors (Lipinski definition) is 3. The first-order valence-corrected chi connectivity index (χ1v) is 8.13. The van der Waals surface area contributed by atoms with Crippen LogP contribution in [0.2, 0.25) is 0 Å². The predicted molar refractivity (Wildman–Crippen MR) is 82.4 cm³/mol. The Bertz CT molecular complexity index is 624. The lowest BCUT2D eigenvalue weighted by molar-refractivity contribution is 0.269. The maximum atomic E-state index is 14.0. The van der Waals surface area contributed by atoms with Crippen molar-refractivity contribution in [2.75, 3.05) is 12.3 Å². The van der Waals surface area contributed by atoms with E-state index in [4.69, 9.17) is 5.73 Å². The molecule has 20 heavy (non-hydrogen) atoms. The quantitative estimate of drug-likeness (QED) is 0.659. The lowest BCUT2D eigenvalue weighted by Crippen LogP contribution is -2.45. The third kappa shape index (κ3) is 3.39. The number of anilines is 1. The highest BCUT2D eigenvalue weighted by Crippen LogP contribution is 2.30. The minimum absolute atomic E-state index is 0.0846. The zero-order chi connectivity index (χ0) is 15.7. The molecule has 4 nitrogen and oxygen atoms in total. The first-order valence-electron chi connectivity index (χ1n) is 5.90. The zero-order valence-electron chi connectivity index (χ0n) is 11.7. The van der Waals surface area contributed by atoms with E-state index in [-0.39, 0.29) is 12.2 Å². The second kappa shape index (κ2) is 5.83. The number of nitrogens with two attached hydrogens (primary N) is 1. The molecule has 0 amide bonds. The van der Waals surface area contributed by atoms with E-state index in [0.717, 1.165) is 12.1 Å². The Kier molecular flexibility index (Phi) is 4.99. The van der Waals surface area contributed by atoms with Crippen molar-refractivity contribution < 1.29 is 12.8 Å². The van der Waals surface area contributed by atoms with Crippen LogP contribution < -0.4 is 5.73 Å². The van der Waals surface area contributed by atoms with Crippen LogP contribution >= 0.6 is 15.9 Å². The van der Waals surface area contributed by atoms with Crippen molar-refractivity contribution in [3.8, 4) is 0 Å². The van der Waals surface area contributed by atoms with Gasteiger partial charge in [-0.05, 0) is 48.8 Å². The molecule has 7 heteroatoms. The molecule has 0 atom stereocenters. The van der Waals surface area contributed by atoms with E-state index in [1.54, 1.807) is 20.8 Å². The monoisotopic (exact) mass is 364 g/mol. The lowest BCUT2D eigenvalue weighted by atomic mass is 10.1. The van der Waals surface area contributed by atoms with Gasteiger partial charge >= 0.3 is 0 Å². The summed E-state index contributed by atoms with van der Waals surface area (Å²) in [6, 6.07) is 2.17. The van der Waals surface area contributed by atoms with E-state index in [0.29, 0.717) is 4.47 Å². The summed E-state index contributed by atoms with van der Waals surface area (Å²) in [5.41, 5.74) is 5.11. The molecule has 112 valence electrons. The van der Waals surface area contributed by atoms with Crippen LogP contribution in [-0.2, 0) is 10.0 Å². The van der Waals surface area contributed by atoms with Gasteiger partial charge in [-0.1, -0.05) is 6.08 Å². The van der Waals surface area contributed by atoms with Gasteiger partial charge in [-0.3, -0.25) is 0 Å². The molecule has 2 N–H and O–H groups in total. The van der Waals surface area contributed by atoms with E-state index in [2.05, 4.69) is 22.5 Å². The molecule has 1 rings (SSSR count). The summed E-state index contributed by atoms with van der Waals surface area (Å²) in [6.45, 7) is 8.82. The number of benzene rings is 1. The van der Waals surface area contributed by atoms with Gasteiger partial charge in [0, 0.05) is 22.2 Å². The third-order valence-corrected chi connectivity index (χ3v) is 5.49. The smallest absolute Gasteiger partial charge is 0.246 e. The normalized spacial score (nSPS) is 12.7. The Morgan fingerprint density at radius 2 is 2.00 bits per heavy atom. The van der Waals surface area contributed by atoms with Crippen LogP contribution in [0.25, 0.3) is 0 Å². The van der Waals surface area contributed by atoms with Crippen molar-refractivity contribution in [1.82, 2.24) is 4.31 Å². The van der Waals surface area contributed by atoms with Crippen LogP contribution in [0.5, 0.6) is 0 Å². The standard InChI is InChI=1S/C13H18BrFN2O2S/c1-5-6-17(13(2,3)4)20(18,19)12-8-11(16)9(14)7-10(12)15/h5,7-8H,1,6,16H2,2-4H3. The summed E-state index contributed by atoms with van der Waals surface area (Å²) < 4.78 is 40.7. The van der Waals surface area contributed by atoms with Gasteiger partial charge in [-0.2, -0.15) is 4.31 Å². The summed E-state index contributed by atoms with van der Waals surface area (Å²) >= 11 is 3.06. The van der Waals surface area contributed by atoms with Crippen LogP contribution in [0.3, 0.4) is 0 Å². The number of halogens is 2. The number of nitrogen functional groups attached to an aromatic ring is 1. The Morgan fingerprint density at radius 3 is 2.45 bits per heavy atom. The first kappa shape index (κ1) is 17.1. The van der Waals surface area contributed by atoms with Crippen molar-refractivity contribution in [2.24, 2.45) is 0 Å². The number of sulfonamides is 1. The summed E-state index contributed by atoms with van der Waals surface area (Å²) in [6.07, 6.45) is 1.46. The second-order valence-corrected chi connectivity index (χ2v) is 7.98. The largest absolute Gasteiger partial charge is 0.398 e. The highest BCUT2D eigenvalue weighted by atomic mass is 79.9. The van der Waals surface area contributed by atoms with Crippen molar-refractivity contribution in [3.05, 3.63) is 35.1 Å². The van der Waals surface area contributed by atoms with E-state index < -0.39 is 26.3 Å². The van der Waals surface area contributed by atoms with Gasteiger partial charge in [0.05, 0.1) is 0 Å². The average Bonchev–Trinajstić information content (AvgIpc) is 2.28. The highest BCUT2D eigenvalue weighted by molar-refractivity contribution is 9.10. The molecule has 1 aromatic carbocycles. The fourth-order valence-electron chi connectivity index (χ4n) is 1.71. The van der Waals surface area contributed by atoms with Gasteiger partial charge in [0.1, 0.15) is 10.7 Å². The molecule has 0 saturated heterocycles. The van der Waals surface area contributed by atoms with E-state index in [1.165, 1.54) is 10.4 Å².